The third-order valence-electron chi connectivity index (χ3n) is 6.72. The van der Waals surface area contributed by atoms with E-state index in [0.29, 0.717) is 50.5 Å². The molecule has 1 amide bonds. The molecule has 0 spiro atoms. The average Bonchev–Trinajstić information content (AvgIpc) is 3.21. The number of nitrogens with zero attached hydrogens (tertiary/aromatic N) is 5. The summed E-state index contributed by atoms with van der Waals surface area (Å²) in [5, 5.41) is 0. The zero-order valence-electron chi connectivity index (χ0n) is 20.7. The van der Waals surface area contributed by atoms with E-state index >= 15 is 0 Å². The first kappa shape index (κ1) is 24.7. The number of amidine groups is 1. The molecule has 2 aliphatic heterocycles. The SMILES string of the molecule is COc1ccc(-c2cn(-c3ccc(F)cc3)c(CC(=O)N3CCN(C4=NCC(F)=CCC4)CC3)n2)cc1. The zero-order chi connectivity index (χ0) is 25.8. The lowest BCUT2D eigenvalue weighted by molar-refractivity contribution is -0.131. The van der Waals surface area contributed by atoms with Crippen molar-refractivity contribution < 1.29 is 18.3 Å². The van der Waals surface area contributed by atoms with Gasteiger partial charge in [0, 0.05) is 50.0 Å². The van der Waals surface area contributed by atoms with Gasteiger partial charge in [0.05, 0.1) is 31.6 Å². The predicted octanol–water partition coefficient (Wildman–Crippen LogP) is 4.42. The van der Waals surface area contributed by atoms with Crippen LogP contribution in [-0.2, 0) is 11.2 Å². The Morgan fingerprint density at radius 2 is 1.73 bits per heavy atom. The molecule has 5 rings (SSSR count). The number of aromatic nitrogens is 2. The van der Waals surface area contributed by atoms with Gasteiger partial charge in [-0.05, 0) is 55.0 Å². The Balaban J connectivity index is 1.32. The summed E-state index contributed by atoms with van der Waals surface area (Å²) >= 11 is 0. The van der Waals surface area contributed by atoms with Crippen LogP contribution in [0.1, 0.15) is 18.7 Å². The largest absolute Gasteiger partial charge is 0.497 e. The van der Waals surface area contributed by atoms with Crippen molar-refractivity contribution in [2.75, 3.05) is 39.8 Å². The van der Waals surface area contributed by atoms with Crippen LogP contribution in [-0.4, -0.2) is 70.9 Å². The van der Waals surface area contributed by atoms with Gasteiger partial charge in [-0.2, -0.15) is 0 Å². The molecule has 1 fully saturated rings. The van der Waals surface area contributed by atoms with Crippen LogP contribution >= 0.6 is 0 Å². The molecule has 0 radical (unpaired) electrons. The molecule has 9 heteroatoms. The van der Waals surface area contributed by atoms with Crippen LogP contribution in [0.4, 0.5) is 8.78 Å². The van der Waals surface area contributed by atoms with E-state index in [1.165, 1.54) is 12.1 Å². The molecule has 0 atom stereocenters. The molecule has 0 unspecified atom stereocenters. The fourth-order valence-electron chi connectivity index (χ4n) is 4.66. The second-order valence-corrected chi connectivity index (χ2v) is 9.08. The molecule has 1 aromatic heterocycles. The zero-order valence-corrected chi connectivity index (χ0v) is 20.7. The number of halogens is 2. The molecule has 1 saturated heterocycles. The number of imidazole rings is 1. The van der Waals surface area contributed by atoms with E-state index in [4.69, 9.17) is 9.72 Å². The Labute approximate surface area is 214 Å². The van der Waals surface area contributed by atoms with Gasteiger partial charge in [-0.1, -0.05) is 6.08 Å². The minimum Gasteiger partial charge on any atom is -0.497 e. The van der Waals surface area contributed by atoms with Gasteiger partial charge >= 0.3 is 0 Å². The lowest BCUT2D eigenvalue weighted by Gasteiger charge is -2.36. The third kappa shape index (κ3) is 5.71. The maximum atomic E-state index is 13.6. The van der Waals surface area contributed by atoms with Crippen molar-refractivity contribution >= 4 is 11.7 Å². The van der Waals surface area contributed by atoms with Crippen molar-refractivity contribution in [2.24, 2.45) is 4.99 Å². The number of carbonyl (C=O) groups is 1. The average molecular weight is 506 g/mol. The monoisotopic (exact) mass is 505 g/mol. The molecule has 0 N–H and O–H groups in total. The van der Waals surface area contributed by atoms with E-state index in [1.54, 1.807) is 25.3 Å². The van der Waals surface area contributed by atoms with Gasteiger partial charge in [-0.25, -0.2) is 13.8 Å². The van der Waals surface area contributed by atoms with Crippen LogP contribution in [0.15, 0.2) is 71.6 Å². The van der Waals surface area contributed by atoms with E-state index < -0.39 is 0 Å². The third-order valence-corrected chi connectivity index (χ3v) is 6.72. The molecule has 7 nitrogen and oxygen atoms in total. The fourth-order valence-corrected chi connectivity index (χ4v) is 4.66. The number of aliphatic imine (C=N–C) groups is 1. The van der Waals surface area contributed by atoms with Gasteiger partial charge in [0.25, 0.3) is 0 Å². The minimum absolute atomic E-state index is 0.0228. The van der Waals surface area contributed by atoms with Gasteiger partial charge in [-0.3, -0.25) is 9.79 Å². The van der Waals surface area contributed by atoms with Crippen molar-refractivity contribution in [3.63, 3.8) is 0 Å². The van der Waals surface area contributed by atoms with Crippen LogP contribution in [0.2, 0.25) is 0 Å². The van der Waals surface area contributed by atoms with Crippen LogP contribution in [0.25, 0.3) is 16.9 Å². The number of amides is 1. The first-order chi connectivity index (χ1) is 18.0. The van der Waals surface area contributed by atoms with Crippen LogP contribution < -0.4 is 4.74 Å². The van der Waals surface area contributed by atoms with Crippen molar-refractivity contribution in [3.8, 4) is 22.7 Å². The molecule has 2 aliphatic rings. The predicted molar refractivity (Wildman–Crippen MR) is 138 cm³/mol. The number of allylic oxidation sites excluding steroid dienone is 1. The summed E-state index contributed by atoms with van der Waals surface area (Å²) in [5.74, 6) is 1.70. The van der Waals surface area contributed by atoms with Gasteiger partial charge in [0.2, 0.25) is 5.91 Å². The molecule has 3 heterocycles. The summed E-state index contributed by atoms with van der Waals surface area (Å²) in [6.45, 7) is 2.55. The molecule has 0 bridgehead atoms. The van der Waals surface area contributed by atoms with Crippen molar-refractivity contribution in [2.45, 2.75) is 19.3 Å². The summed E-state index contributed by atoms with van der Waals surface area (Å²) in [5.41, 5.74) is 2.33. The molecule has 2 aromatic carbocycles. The number of methoxy groups -OCH3 is 1. The number of rotatable bonds is 5. The quantitative estimate of drug-likeness (QED) is 0.515. The Bertz CT molecular complexity index is 1310. The van der Waals surface area contributed by atoms with Crippen LogP contribution in [0.3, 0.4) is 0 Å². The Kier molecular flexibility index (Phi) is 7.30. The maximum absolute atomic E-state index is 13.6. The van der Waals surface area contributed by atoms with E-state index in [2.05, 4.69) is 9.89 Å². The van der Waals surface area contributed by atoms with Gasteiger partial charge < -0.3 is 19.1 Å². The van der Waals surface area contributed by atoms with Gasteiger partial charge in [0.15, 0.2) is 0 Å². The molecule has 3 aromatic rings. The Morgan fingerprint density at radius 1 is 1.00 bits per heavy atom. The smallest absolute Gasteiger partial charge is 0.230 e. The molecule has 0 saturated carbocycles. The van der Waals surface area contributed by atoms with E-state index in [-0.39, 0.29) is 30.5 Å². The first-order valence-corrected chi connectivity index (χ1v) is 12.4. The summed E-state index contributed by atoms with van der Waals surface area (Å²) in [4.78, 5) is 26.5. The number of carbonyl (C=O) groups excluding carboxylic acids is 1. The lowest BCUT2D eigenvalue weighted by atomic mass is 10.1. The Morgan fingerprint density at radius 3 is 2.43 bits per heavy atom. The highest BCUT2D eigenvalue weighted by Crippen LogP contribution is 2.25. The van der Waals surface area contributed by atoms with Gasteiger partial charge in [-0.15, -0.1) is 0 Å². The summed E-state index contributed by atoms with van der Waals surface area (Å²) in [6, 6.07) is 13.7. The summed E-state index contributed by atoms with van der Waals surface area (Å²) in [6.07, 6.45) is 4.94. The number of benzene rings is 2. The van der Waals surface area contributed by atoms with Crippen molar-refractivity contribution in [1.82, 2.24) is 19.4 Å². The Hall–Kier alpha value is -4.01. The van der Waals surface area contributed by atoms with Crippen molar-refractivity contribution in [1.29, 1.82) is 0 Å². The van der Waals surface area contributed by atoms with Crippen LogP contribution in [0, 0.1) is 5.82 Å². The highest BCUT2D eigenvalue weighted by Gasteiger charge is 2.25. The summed E-state index contributed by atoms with van der Waals surface area (Å²) < 4.78 is 34.2. The standard InChI is InChI=1S/C28H29F2N5O2/c1-37-24-11-5-20(6-12-24)25-19-35(23-9-7-21(29)8-10-23)27(32-25)17-28(36)34-15-13-33(14-16-34)26-4-2-3-22(30)18-31-26/h3,5-12,19H,2,4,13-18H2,1H3. The normalized spacial score (nSPS) is 16.2. The molecular formula is C28H29F2N5O2. The number of hydrogen-bond donors (Lipinski definition) is 0. The van der Waals surface area contributed by atoms with E-state index in [0.717, 1.165) is 22.8 Å². The second kappa shape index (κ2) is 10.9. The number of ether oxygens (including phenoxy) is 1. The van der Waals surface area contributed by atoms with Crippen molar-refractivity contribution in [3.05, 3.63) is 78.3 Å². The first-order valence-electron chi connectivity index (χ1n) is 12.4. The second-order valence-electron chi connectivity index (χ2n) is 9.08. The highest BCUT2D eigenvalue weighted by atomic mass is 19.1. The summed E-state index contributed by atoms with van der Waals surface area (Å²) in [7, 11) is 1.61. The molecule has 0 aliphatic carbocycles. The molecule has 192 valence electrons. The number of piperazine rings is 1. The van der Waals surface area contributed by atoms with E-state index in [9.17, 15) is 13.6 Å². The highest BCUT2D eigenvalue weighted by molar-refractivity contribution is 5.84. The molecule has 37 heavy (non-hydrogen) atoms. The molecular weight excluding hydrogens is 476 g/mol. The van der Waals surface area contributed by atoms with Crippen LogP contribution in [0.5, 0.6) is 5.75 Å². The van der Waals surface area contributed by atoms with Gasteiger partial charge in [0.1, 0.15) is 23.2 Å². The van der Waals surface area contributed by atoms with E-state index in [1.807, 2.05) is 39.9 Å². The topological polar surface area (TPSA) is 63.0 Å². The number of hydrogen-bond acceptors (Lipinski definition) is 5. The maximum Gasteiger partial charge on any atom is 0.230 e. The lowest BCUT2D eigenvalue weighted by Crippen LogP contribution is -2.51. The minimum atomic E-state index is -0.327. The fraction of sp³-hybridized carbons (Fsp3) is 0.321.